The summed E-state index contributed by atoms with van der Waals surface area (Å²) in [6.07, 6.45) is 0. The van der Waals surface area contributed by atoms with Crippen molar-refractivity contribution in [3.63, 3.8) is 0 Å². The molecule has 0 unspecified atom stereocenters. The van der Waals surface area contributed by atoms with Crippen molar-refractivity contribution in [2.24, 2.45) is 0 Å². The Bertz CT molecular complexity index is 868. The van der Waals surface area contributed by atoms with E-state index in [0.29, 0.717) is 10.5 Å². The van der Waals surface area contributed by atoms with Crippen LogP contribution in [0.1, 0.15) is 31.2 Å². The van der Waals surface area contributed by atoms with Crippen LogP contribution in [-0.4, -0.2) is 23.8 Å². The van der Waals surface area contributed by atoms with Gasteiger partial charge in [0.1, 0.15) is 0 Å². The van der Waals surface area contributed by atoms with E-state index in [9.17, 15) is 18.3 Å². The highest BCUT2D eigenvalue weighted by atomic mass is 32.2. The molecule has 0 bridgehead atoms. The van der Waals surface area contributed by atoms with E-state index in [-0.39, 0.29) is 18.7 Å². The molecular formula is C15H15NO4S2. The number of carbonyl (C=O) groups is 1. The molecule has 3 rings (SSSR count). The van der Waals surface area contributed by atoms with E-state index in [1.807, 2.05) is 6.92 Å². The van der Waals surface area contributed by atoms with E-state index >= 15 is 0 Å². The zero-order valence-corrected chi connectivity index (χ0v) is 13.8. The van der Waals surface area contributed by atoms with Crippen molar-refractivity contribution < 1.29 is 18.3 Å². The van der Waals surface area contributed by atoms with Gasteiger partial charge >= 0.3 is 5.97 Å². The third kappa shape index (κ3) is 2.35. The smallest absolute Gasteiger partial charge is 0.336 e. The zero-order chi connectivity index (χ0) is 16.1. The number of benzene rings is 1. The molecule has 2 heterocycles. The van der Waals surface area contributed by atoms with Gasteiger partial charge in [-0.1, -0.05) is 12.1 Å². The van der Waals surface area contributed by atoms with Crippen LogP contribution in [0.4, 0.5) is 0 Å². The van der Waals surface area contributed by atoms with Gasteiger partial charge in [-0.05, 0) is 37.1 Å². The van der Waals surface area contributed by atoms with Gasteiger partial charge < -0.3 is 5.11 Å². The maximum Gasteiger partial charge on any atom is 0.336 e. The van der Waals surface area contributed by atoms with Gasteiger partial charge in [-0.2, -0.15) is 4.31 Å². The Hall–Kier alpha value is -1.70. The molecule has 0 atom stereocenters. The second-order valence-electron chi connectivity index (χ2n) is 5.30. The summed E-state index contributed by atoms with van der Waals surface area (Å²) in [4.78, 5) is 13.3. The van der Waals surface area contributed by atoms with E-state index < -0.39 is 16.0 Å². The molecule has 0 saturated heterocycles. The molecule has 1 aliphatic rings. The second-order valence-corrected chi connectivity index (χ2v) is 8.67. The molecule has 0 saturated carbocycles. The molecule has 116 valence electrons. The highest BCUT2D eigenvalue weighted by Gasteiger charge is 2.34. The first kappa shape index (κ1) is 15.2. The number of aryl methyl sites for hydroxylation is 2. The van der Waals surface area contributed by atoms with Crippen LogP contribution in [0.3, 0.4) is 0 Å². The zero-order valence-electron chi connectivity index (χ0n) is 12.2. The molecular weight excluding hydrogens is 322 g/mol. The summed E-state index contributed by atoms with van der Waals surface area (Å²) < 4.78 is 27.0. The van der Waals surface area contributed by atoms with Gasteiger partial charge in [0.2, 0.25) is 10.0 Å². The lowest BCUT2D eigenvalue weighted by molar-refractivity contribution is 0.0695. The number of rotatable bonds is 3. The van der Waals surface area contributed by atoms with Gasteiger partial charge in [-0.15, -0.1) is 11.3 Å². The van der Waals surface area contributed by atoms with Crippen LogP contribution in [0.5, 0.6) is 0 Å². The Labute approximate surface area is 132 Å². The first-order chi connectivity index (χ1) is 10.3. The maximum atomic E-state index is 12.8. The highest BCUT2D eigenvalue weighted by Crippen LogP contribution is 2.34. The van der Waals surface area contributed by atoms with Gasteiger partial charge in [0.05, 0.1) is 10.5 Å². The van der Waals surface area contributed by atoms with Gasteiger partial charge in [-0.3, -0.25) is 0 Å². The number of hydrogen-bond donors (Lipinski definition) is 1. The molecule has 5 nitrogen and oxygen atoms in total. The van der Waals surface area contributed by atoms with E-state index in [1.165, 1.54) is 21.7 Å². The van der Waals surface area contributed by atoms with Crippen LogP contribution in [0.2, 0.25) is 0 Å². The summed E-state index contributed by atoms with van der Waals surface area (Å²) in [5.74, 6) is -1.03. The van der Waals surface area contributed by atoms with Crippen molar-refractivity contribution in [2.75, 3.05) is 0 Å². The van der Waals surface area contributed by atoms with Crippen LogP contribution < -0.4 is 0 Å². The Balaban J connectivity index is 2.01. The Kier molecular flexibility index (Phi) is 3.58. The summed E-state index contributed by atoms with van der Waals surface area (Å²) in [5, 5.41) is 9.24. The Morgan fingerprint density at radius 2 is 2.00 bits per heavy atom. The molecule has 0 fully saturated rings. The fourth-order valence-electron chi connectivity index (χ4n) is 2.76. The van der Waals surface area contributed by atoms with Crippen molar-refractivity contribution >= 4 is 27.3 Å². The third-order valence-electron chi connectivity index (χ3n) is 3.80. The average molecular weight is 337 g/mol. The number of fused-ring (bicyclic) bond motifs is 1. The number of hydrogen-bond acceptors (Lipinski definition) is 4. The van der Waals surface area contributed by atoms with Gasteiger partial charge in [0, 0.05) is 22.8 Å². The maximum absolute atomic E-state index is 12.8. The molecule has 22 heavy (non-hydrogen) atoms. The van der Waals surface area contributed by atoms with Crippen LogP contribution in [0.15, 0.2) is 29.2 Å². The lowest BCUT2D eigenvalue weighted by atomic mass is 10.0. The minimum atomic E-state index is -3.61. The van der Waals surface area contributed by atoms with E-state index in [0.717, 1.165) is 15.3 Å². The largest absolute Gasteiger partial charge is 0.478 e. The first-order valence-corrected chi connectivity index (χ1v) is 8.97. The lowest BCUT2D eigenvalue weighted by Gasteiger charge is -2.15. The summed E-state index contributed by atoms with van der Waals surface area (Å²) >= 11 is 1.45. The number of aromatic carboxylic acids is 1. The van der Waals surface area contributed by atoms with E-state index in [2.05, 4.69) is 0 Å². The summed E-state index contributed by atoms with van der Waals surface area (Å²) in [6, 6.07) is 6.62. The lowest BCUT2D eigenvalue weighted by Crippen LogP contribution is -2.26. The number of thiophene rings is 1. The second kappa shape index (κ2) is 5.19. The van der Waals surface area contributed by atoms with Crippen LogP contribution in [0.25, 0.3) is 0 Å². The fourth-order valence-corrected chi connectivity index (χ4v) is 5.67. The summed E-state index contributed by atoms with van der Waals surface area (Å²) in [7, 11) is -3.61. The first-order valence-electron chi connectivity index (χ1n) is 6.72. The van der Waals surface area contributed by atoms with Gasteiger partial charge in [0.15, 0.2) is 0 Å². The number of carboxylic acids is 1. The SMILES string of the molecule is Cc1cc(S(=O)(=O)N2Cc3cccc(C(=O)O)c3C2)c(C)s1. The number of sulfonamides is 1. The number of carboxylic acid groups (broad SMARTS) is 1. The molecule has 0 aliphatic carbocycles. The van der Waals surface area contributed by atoms with Crippen molar-refractivity contribution in [3.05, 3.63) is 50.7 Å². The average Bonchev–Trinajstić information content (AvgIpc) is 3.01. The highest BCUT2D eigenvalue weighted by molar-refractivity contribution is 7.89. The standard InChI is InChI=1S/C15H15NO4S2/c1-9-6-14(10(2)21-9)22(19,20)16-7-11-4-3-5-12(15(17)18)13(11)8-16/h3-6H,7-8H2,1-2H3,(H,17,18). The topological polar surface area (TPSA) is 74.7 Å². The predicted octanol–water partition coefficient (Wildman–Crippen LogP) is 2.77. The molecule has 0 spiro atoms. The van der Waals surface area contributed by atoms with Gasteiger partial charge in [0.25, 0.3) is 0 Å². The Morgan fingerprint density at radius 1 is 1.27 bits per heavy atom. The monoisotopic (exact) mass is 337 g/mol. The summed E-state index contributed by atoms with van der Waals surface area (Å²) in [6.45, 7) is 3.98. The molecule has 7 heteroatoms. The molecule has 1 N–H and O–H groups in total. The third-order valence-corrected chi connectivity index (χ3v) is 6.81. The minimum Gasteiger partial charge on any atom is -0.478 e. The minimum absolute atomic E-state index is 0.106. The summed E-state index contributed by atoms with van der Waals surface area (Å²) in [5.41, 5.74) is 1.52. The molecule has 1 aromatic heterocycles. The van der Waals surface area contributed by atoms with Crippen LogP contribution in [-0.2, 0) is 23.1 Å². The molecule has 2 aromatic rings. The van der Waals surface area contributed by atoms with E-state index in [1.54, 1.807) is 25.1 Å². The predicted molar refractivity (Wildman–Crippen MR) is 83.6 cm³/mol. The van der Waals surface area contributed by atoms with Gasteiger partial charge in [-0.25, -0.2) is 13.2 Å². The Morgan fingerprint density at radius 3 is 2.59 bits per heavy atom. The normalized spacial score (nSPS) is 15.0. The molecule has 1 aliphatic heterocycles. The molecule has 0 amide bonds. The molecule has 0 radical (unpaired) electrons. The molecule has 1 aromatic carbocycles. The van der Waals surface area contributed by atoms with E-state index in [4.69, 9.17) is 0 Å². The fraction of sp³-hybridized carbons (Fsp3) is 0.267. The van der Waals surface area contributed by atoms with Crippen LogP contribution in [0, 0.1) is 13.8 Å². The van der Waals surface area contributed by atoms with Crippen molar-refractivity contribution in [3.8, 4) is 0 Å². The van der Waals surface area contributed by atoms with Crippen molar-refractivity contribution in [2.45, 2.75) is 31.8 Å². The van der Waals surface area contributed by atoms with Crippen molar-refractivity contribution in [1.82, 2.24) is 4.31 Å². The van der Waals surface area contributed by atoms with Crippen molar-refractivity contribution in [1.29, 1.82) is 0 Å². The van der Waals surface area contributed by atoms with Crippen LogP contribution >= 0.6 is 11.3 Å². The number of nitrogens with zero attached hydrogens (tertiary/aromatic N) is 1. The quantitative estimate of drug-likeness (QED) is 0.934.